The van der Waals surface area contributed by atoms with Crippen LogP contribution in [0.5, 0.6) is 0 Å². The molecular formula is C50H41NS. The average Bonchev–Trinajstić information content (AvgIpc) is 3.56. The SMILES string of the molecule is C/C=C(\c1sc2ccccc2c1C)N(c1ccc(-c2ccccc2)cc1)c1ccc(-c2ccc3c4ccccc4c4ccccc4c3c2)cc1.CC. The number of rotatable bonds is 6. The van der Waals surface area contributed by atoms with Gasteiger partial charge in [-0.3, -0.25) is 0 Å². The van der Waals surface area contributed by atoms with Crippen LogP contribution in [-0.2, 0) is 0 Å². The summed E-state index contributed by atoms with van der Waals surface area (Å²) in [7, 11) is 0. The lowest BCUT2D eigenvalue weighted by Gasteiger charge is -2.28. The third-order valence-electron chi connectivity index (χ3n) is 10.0. The van der Waals surface area contributed by atoms with Gasteiger partial charge in [0.05, 0.1) is 10.6 Å². The van der Waals surface area contributed by atoms with Crippen molar-refractivity contribution in [3.63, 3.8) is 0 Å². The Morgan fingerprint density at radius 1 is 0.442 bits per heavy atom. The molecule has 9 rings (SSSR count). The number of aryl methyl sites for hydroxylation is 1. The molecule has 0 aliphatic carbocycles. The van der Waals surface area contributed by atoms with Crippen LogP contribution in [0.2, 0.25) is 0 Å². The summed E-state index contributed by atoms with van der Waals surface area (Å²) >= 11 is 1.87. The highest BCUT2D eigenvalue weighted by Gasteiger charge is 2.21. The van der Waals surface area contributed by atoms with E-state index in [1.807, 2.05) is 25.2 Å². The van der Waals surface area contributed by atoms with Crippen LogP contribution in [0.4, 0.5) is 11.4 Å². The Morgan fingerprint density at radius 2 is 0.865 bits per heavy atom. The van der Waals surface area contributed by atoms with Gasteiger partial charge in [-0.25, -0.2) is 0 Å². The van der Waals surface area contributed by atoms with Crippen molar-refractivity contribution < 1.29 is 0 Å². The lowest BCUT2D eigenvalue weighted by Crippen LogP contribution is -2.15. The molecule has 0 atom stereocenters. The lowest BCUT2D eigenvalue weighted by atomic mass is 9.92. The molecule has 0 fully saturated rings. The van der Waals surface area contributed by atoms with E-state index < -0.39 is 0 Å². The Labute approximate surface area is 310 Å². The fraction of sp³-hybridized carbons (Fsp3) is 0.0800. The van der Waals surface area contributed by atoms with Gasteiger partial charge < -0.3 is 4.90 Å². The molecule has 2 heteroatoms. The molecule has 0 aliphatic rings. The van der Waals surface area contributed by atoms with Crippen LogP contribution in [0.1, 0.15) is 31.2 Å². The molecule has 8 aromatic carbocycles. The molecule has 0 bridgehead atoms. The summed E-state index contributed by atoms with van der Waals surface area (Å²) in [4.78, 5) is 3.70. The first-order chi connectivity index (χ1) is 25.7. The van der Waals surface area contributed by atoms with Gasteiger partial charge in [0.2, 0.25) is 0 Å². The van der Waals surface area contributed by atoms with Gasteiger partial charge in [0.1, 0.15) is 0 Å². The highest BCUT2D eigenvalue weighted by atomic mass is 32.1. The first kappa shape index (κ1) is 33.2. The monoisotopic (exact) mass is 687 g/mol. The van der Waals surface area contributed by atoms with Crippen LogP contribution < -0.4 is 4.90 Å². The van der Waals surface area contributed by atoms with E-state index in [2.05, 4.69) is 195 Å². The minimum absolute atomic E-state index is 1.13. The van der Waals surface area contributed by atoms with E-state index >= 15 is 0 Å². The van der Waals surface area contributed by atoms with Crippen LogP contribution in [0.3, 0.4) is 0 Å². The largest absolute Gasteiger partial charge is 0.309 e. The van der Waals surface area contributed by atoms with Gasteiger partial charge in [-0.15, -0.1) is 11.3 Å². The Balaban J connectivity index is 0.00000190. The Hall–Kier alpha value is -5.96. The minimum Gasteiger partial charge on any atom is -0.309 e. The van der Waals surface area contributed by atoms with Crippen LogP contribution >= 0.6 is 11.3 Å². The quantitative estimate of drug-likeness (QED) is 0.157. The predicted octanol–water partition coefficient (Wildman–Crippen LogP) is 15.2. The zero-order valence-electron chi connectivity index (χ0n) is 30.1. The number of benzene rings is 8. The molecule has 0 aliphatic heterocycles. The minimum atomic E-state index is 1.13. The summed E-state index contributed by atoms with van der Waals surface area (Å²) in [6.07, 6.45) is 2.26. The van der Waals surface area contributed by atoms with Crippen molar-refractivity contribution in [2.45, 2.75) is 27.7 Å². The van der Waals surface area contributed by atoms with E-state index in [0.29, 0.717) is 0 Å². The number of hydrogen-bond donors (Lipinski definition) is 0. The van der Waals surface area contributed by atoms with Crippen LogP contribution in [0, 0.1) is 6.92 Å². The zero-order chi connectivity index (χ0) is 35.6. The Bertz CT molecular complexity index is 2660. The second-order valence-electron chi connectivity index (χ2n) is 12.9. The van der Waals surface area contributed by atoms with E-state index in [-0.39, 0.29) is 0 Å². The maximum atomic E-state index is 2.41. The molecule has 1 nitrogen and oxygen atoms in total. The van der Waals surface area contributed by atoms with Crippen molar-refractivity contribution in [1.29, 1.82) is 0 Å². The molecule has 0 N–H and O–H groups in total. The molecule has 252 valence electrons. The highest BCUT2D eigenvalue weighted by molar-refractivity contribution is 7.20. The zero-order valence-corrected chi connectivity index (χ0v) is 30.9. The first-order valence-corrected chi connectivity index (χ1v) is 19.0. The number of nitrogens with zero attached hydrogens (tertiary/aromatic N) is 1. The van der Waals surface area contributed by atoms with E-state index in [4.69, 9.17) is 0 Å². The molecule has 0 unspecified atom stereocenters. The van der Waals surface area contributed by atoms with E-state index in [1.165, 1.54) is 80.8 Å². The Morgan fingerprint density at radius 3 is 1.40 bits per heavy atom. The van der Waals surface area contributed by atoms with Gasteiger partial charge in [0, 0.05) is 16.1 Å². The van der Waals surface area contributed by atoms with Crippen molar-refractivity contribution in [2.24, 2.45) is 0 Å². The molecule has 0 saturated heterocycles. The number of hydrogen-bond acceptors (Lipinski definition) is 2. The summed E-state index contributed by atoms with van der Waals surface area (Å²) in [5.41, 5.74) is 9.61. The van der Waals surface area contributed by atoms with E-state index in [9.17, 15) is 0 Å². The Kier molecular flexibility index (Phi) is 9.16. The number of fused-ring (bicyclic) bond motifs is 7. The summed E-state index contributed by atoms with van der Waals surface area (Å²) in [6, 6.07) is 61.9. The number of thiophene rings is 1. The standard InChI is InChI=1S/C48H35NS.C2H6/c1-3-46(48-32(2)39-15-11-12-20-47(39)50-48)49(37-26-21-34(22-27-37)33-13-5-4-6-14-33)38-28-23-35(24-29-38)36-25-30-44-42-18-8-7-16-40(42)41-17-9-10-19-43(41)45(44)31-36;1-2/h3-31H,1-2H3;1-2H3/b46-3+;. The van der Waals surface area contributed by atoms with Gasteiger partial charge in [0.25, 0.3) is 0 Å². The van der Waals surface area contributed by atoms with E-state index in [1.54, 1.807) is 0 Å². The van der Waals surface area contributed by atoms with Crippen molar-refractivity contribution in [3.05, 3.63) is 186 Å². The molecule has 9 aromatic rings. The molecule has 1 aromatic heterocycles. The maximum Gasteiger partial charge on any atom is 0.0594 e. The molecule has 0 amide bonds. The fourth-order valence-electron chi connectivity index (χ4n) is 7.53. The van der Waals surface area contributed by atoms with Crippen molar-refractivity contribution >= 4 is 70.8 Å². The van der Waals surface area contributed by atoms with Crippen molar-refractivity contribution in [3.8, 4) is 22.3 Å². The summed E-state index contributed by atoms with van der Waals surface area (Å²) < 4.78 is 1.31. The second kappa shape index (κ2) is 14.3. The third kappa shape index (κ3) is 5.86. The van der Waals surface area contributed by atoms with Gasteiger partial charge in [-0.05, 0) is 116 Å². The summed E-state index contributed by atoms with van der Waals surface area (Å²) in [5, 5.41) is 9.09. The fourth-order valence-corrected chi connectivity index (χ4v) is 8.81. The summed E-state index contributed by atoms with van der Waals surface area (Å²) in [6.45, 7) is 8.41. The van der Waals surface area contributed by atoms with Crippen LogP contribution in [-0.4, -0.2) is 0 Å². The van der Waals surface area contributed by atoms with Crippen molar-refractivity contribution in [2.75, 3.05) is 4.90 Å². The first-order valence-electron chi connectivity index (χ1n) is 18.2. The maximum absolute atomic E-state index is 2.41. The second-order valence-corrected chi connectivity index (χ2v) is 13.9. The highest BCUT2D eigenvalue weighted by Crippen LogP contribution is 2.43. The van der Waals surface area contributed by atoms with Crippen LogP contribution in [0.25, 0.3) is 70.4 Å². The molecule has 52 heavy (non-hydrogen) atoms. The smallest absolute Gasteiger partial charge is 0.0594 e. The number of allylic oxidation sites excluding steroid dienone is 1. The van der Waals surface area contributed by atoms with Gasteiger partial charge >= 0.3 is 0 Å². The third-order valence-corrected chi connectivity index (χ3v) is 11.3. The molecule has 0 saturated carbocycles. The van der Waals surface area contributed by atoms with Gasteiger partial charge in [-0.1, -0.05) is 153 Å². The van der Waals surface area contributed by atoms with Crippen molar-refractivity contribution in [1.82, 2.24) is 0 Å². The predicted molar refractivity (Wildman–Crippen MR) is 230 cm³/mol. The lowest BCUT2D eigenvalue weighted by molar-refractivity contribution is 1.29. The molecule has 0 radical (unpaired) electrons. The average molecular weight is 688 g/mol. The van der Waals surface area contributed by atoms with E-state index in [0.717, 1.165) is 11.4 Å². The molecule has 0 spiro atoms. The van der Waals surface area contributed by atoms with Gasteiger partial charge in [-0.2, -0.15) is 0 Å². The molecular weight excluding hydrogens is 647 g/mol. The number of anilines is 2. The van der Waals surface area contributed by atoms with Gasteiger partial charge in [0.15, 0.2) is 0 Å². The van der Waals surface area contributed by atoms with Crippen LogP contribution in [0.15, 0.2) is 176 Å². The summed E-state index contributed by atoms with van der Waals surface area (Å²) in [5.74, 6) is 0. The normalized spacial score (nSPS) is 11.6. The molecule has 1 heterocycles. The topological polar surface area (TPSA) is 3.24 Å².